The Morgan fingerprint density at radius 3 is 2.51 bits per heavy atom. The first-order chi connectivity index (χ1) is 17.9. The van der Waals surface area contributed by atoms with E-state index < -0.39 is 0 Å². The summed E-state index contributed by atoms with van der Waals surface area (Å²) in [7, 11) is 2.13. The molecule has 2 heterocycles. The Bertz CT molecular complexity index is 1520. The molecule has 1 aliphatic rings. The zero-order valence-corrected chi connectivity index (χ0v) is 20.9. The van der Waals surface area contributed by atoms with Gasteiger partial charge < -0.3 is 20.9 Å². The minimum Gasteiger partial charge on any atom is -0.383 e. The molecule has 1 aliphatic heterocycles. The Kier molecular flexibility index (Phi) is 6.76. The van der Waals surface area contributed by atoms with E-state index >= 15 is 0 Å². The fourth-order valence-electron chi connectivity index (χ4n) is 4.38. The van der Waals surface area contributed by atoms with Crippen molar-refractivity contribution in [2.45, 2.75) is 6.92 Å². The number of carbonyl (C=O) groups is 1. The van der Waals surface area contributed by atoms with Crippen LogP contribution in [0.25, 0.3) is 10.8 Å². The highest BCUT2D eigenvalue weighted by molar-refractivity contribution is 6.04. The largest absolute Gasteiger partial charge is 0.383 e. The van der Waals surface area contributed by atoms with E-state index in [0.717, 1.165) is 48.5 Å². The number of nitrogens with zero attached hydrogens (tertiary/aromatic N) is 3. The van der Waals surface area contributed by atoms with E-state index in [4.69, 9.17) is 5.73 Å². The lowest BCUT2D eigenvalue weighted by Crippen LogP contribution is -2.44. The first-order valence-corrected chi connectivity index (χ1v) is 12.2. The summed E-state index contributed by atoms with van der Waals surface area (Å²) in [6.07, 6.45) is 1.60. The number of nitrogen functional groups attached to an aromatic ring is 1. The van der Waals surface area contributed by atoms with Crippen molar-refractivity contribution in [3.05, 3.63) is 94.9 Å². The SMILES string of the molecule is Cc1ccc(C(=O)Nc2ccc(N3CCN(C)CC3)cc2)cc1C#Cc1c(N)ncc2ccc(F)cc12. The van der Waals surface area contributed by atoms with Gasteiger partial charge in [-0.1, -0.05) is 17.9 Å². The smallest absolute Gasteiger partial charge is 0.255 e. The number of nitrogens with two attached hydrogens (primary N) is 1. The highest BCUT2D eigenvalue weighted by atomic mass is 19.1. The molecule has 7 heteroatoms. The zero-order chi connectivity index (χ0) is 25.9. The molecule has 5 rings (SSSR count). The van der Waals surface area contributed by atoms with Crippen LogP contribution in [0.1, 0.15) is 27.0 Å². The number of piperazine rings is 1. The number of rotatable bonds is 3. The van der Waals surface area contributed by atoms with Crippen LogP contribution in [-0.4, -0.2) is 49.0 Å². The summed E-state index contributed by atoms with van der Waals surface area (Å²) in [5.74, 6) is 5.81. The second kappa shape index (κ2) is 10.3. The number of hydrogen-bond acceptors (Lipinski definition) is 5. The number of anilines is 3. The van der Waals surface area contributed by atoms with Gasteiger partial charge in [0, 0.05) is 65.6 Å². The summed E-state index contributed by atoms with van der Waals surface area (Å²) in [5, 5.41) is 4.33. The van der Waals surface area contributed by atoms with Crippen LogP contribution in [0.15, 0.2) is 66.9 Å². The molecule has 0 bridgehead atoms. The van der Waals surface area contributed by atoms with E-state index in [1.165, 1.54) is 12.1 Å². The standard InChI is InChI=1S/C30H28FN5O/c1-20-3-4-22(30(37)34-25-8-10-26(11-9-25)36-15-13-35(2)14-16-36)17-21(20)6-12-27-28-18-24(31)7-5-23(28)19-33-29(27)32/h3-5,7-11,17-19H,13-16H2,1-2H3,(H2,32,33)(H,34,37). The number of carbonyl (C=O) groups excluding carboxylic acids is 1. The maximum atomic E-state index is 13.9. The second-order valence-corrected chi connectivity index (χ2v) is 9.32. The molecule has 0 aliphatic carbocycles. The van der Waals surface area contributed by atoms with E-state index in [1.807, 2.05) is 37.3 Å². The molecule has 0 saturated carbocycles. The van der Waals surface area contributed by atoms with Crippen LogP contribution in [0, 0.1) is 24.6 Å². The molecule has 1 saturated heterocycles. The predicted octanol–water partition coefficient (Wildman–Crippen LogP) is 4.67. The van der Waals surface area contributed by atoms with Crippen LogP contribution in [0.5, 0.6) is 0 Å². The minimum atomic E-state index is -0.368. The molecule has 1 fully saturated rings. The Morgan fingerprint density at radius 2 is 1.76 bits per heavy atom. The number of fused-ring (bicyclic) bond motifs is 1. The lowest BCUT2D eigenvalue weighted by atomic mass is 10.0. The number of benzene rings is 3. The molecule has 0 radical (unpaired) electrons. The Balaban J connectivity index is 1.35. The van der Waals surface area contributed by atoms with E-state index in [2.05, 4.69) is 39.0 Å². The van der Waals surface area contributed by atoms with Gasteiger partial charge in [0.1, 0.15) is 11.6 Å². The van der Waals surface area contributed by atoms with Gasteiger partial charge in [0.15, 0.2) is 0 Å². The summed E-state index contributed by atoms with van der Waals surface area (Å²) >= 11 is 0. The molecule has 0 spiro atoms. The Hall–Kier alpha value is -4.41. The Labute approximate surface area is 215 Å². The van der Waals surface area contributed by atoms with Crippen molar-refractivity contribution in [3.8, 4) is 11.8 Å². The van der Waals surface area contributed by atoms with Crippen LogP contribution in [0.2, 0.25) is 0 Å². The van der Waals surface area contributed by atoms with Gasteiger partial charge >= 0.3 is 0 Å². The predicted molar refractivity (Wildman–Crippen MR) is 147 cm³/mol. The van der Waals surface area contributed by atoms with Crippen LogP contribution in [0.4, 0.5) is 21.6 Å². The molecule has 0 atom stereocenters. The third-order valence-corrected chi connectivity index (χ3v) is 6.70. The van der Waals surface area contributed by atoms with Crippen molar-refractivity contribution in [1.82, 2.24) is 9.88 Å². The zero-order valence-electron chi connectivity index (χ0n) is 20.9. The van der Waals surface area contributed by atoms with Crippen molar-refractivity contribution >= 4 is 33.9 Å². The van der Waals surface area contributed by atoms with Gasteiger partial charge in [-0.3, -0.25) is 4.79 Å². The van der Waals surface area contributed by atoms with Crippen LogP contribution < -0.4 is 16.0 Å². The maximum Gasteiger partial charge on any atom is 0.255 e. The monoisotopic (exact) mass is 493 g/mol. The summed E-state index contributed by atoms with van der Waals surface area (Å²) < 4.78 is 13.9. The lowest BCUT2D eigenvalue weighted by molar-refractivity contribution is 0.102. The topological polar surface area (TPSA) is 74.5 Å². The molecule has 186 valence electrons. The maximum absolute atomic E-state index is 13.9. The Morgan fingerprint density at radius 1 is 1.00 bits per heavy atom. The normalized spacial score (nSPS) is 13.8. The van der Waals surface area contributed by atoms with Crippen LogP contribution in [0.3, 0.4) is 0 Å². The third kappa shape index (κ3) is 5.40. The van der Waals surface area contributed by atoms with E-state index in [-0.39, 0.29) is 17.5 Å². The molecule has 4 aromatic rings. The van der Waals surface area contributed by atoms with Crippen molar-refractivity contribution < 1.29 is 9.18 Å². The average molecular weight is 494 g/mol. The van der Waals surface area contributed by atoms with E-state index in [0.29, 0.717) is 22.1 Å². The molecular formula is C30H28FN5O. The summed E-state index contributed by atoms with van der Waals surface area (Å²) in [5.41, 5.74) is 10.5. The van der Waals surface area contributed by atoms with Gasteiger partial charge in [0.25, 0.3) is 5.91 Å². The van der Waals surface area contributed by atoms with Crippen molar-refractivity contribution in [3.63, 3.8) is 0 Å². The van der Waals surface area contributed by atoms with Crippen LogP contribution >= 0.6 is 0 Å². The van der Waals surface area contributed by atoms with Gasteiger partial charge in [-0.2, -0.15) is 0 Å². The van der Waals surface area contributed by atoms with Gasteiger partial charge in [-0.25, -0.2) is 9.37 Å². The van der Waals surface area contributed by atoms with Gasteiger partial charge in [-0.05, 0) is 74.1 Å². The number of hydrogen-bond donors (Lipinski definition) is 2. The minimum absolute atomic E-state index is 0.219. The number of pyridine rings is 1. The van der Waals surface area contributed by atoms with Crippen molar-refractivity contribution in [1.29, 1.82) is 0 Å². The molecule has 1 amide bonds. The average Bonchev–Trinajstić information content (AvgIpc) is 2.90. The third-order valence-electron chi connectivity index (χ3n) is 6.70. The number of likely N-dealkylation sites (N-methyl/N-ethyl adjacent to an activating group) is 1. The van der Waals surface area contributed by atoms with Gasteiger partial charge in [0.05, 0.1) is 5.56 Å². The summed E-state index contributed by atoms with van der Waals surface area (Å²) in [6, 6.07) is 17.8. The number of amides is 1. The molecule has 6 nitrogen and oxygen atoms in total. The highest BCUT2D eigenvalue weighted by Gasteiger charge is 2.15. The number of halogens is 1. The molecular weight excluding hydrogens is 465 g/mol. The first kappa shape index (κ1) is 24.3. The molecule has 0 unspecified atom stereocenters. The van der Waals surface area contributed by atoms with Gasteiger partial charge in [-0.15, -0.1) is 0 Å². The number of aromatic nitrogens is 1. The number of aryl methyl sites for hydroxylation is 1. The fourth-order valence-corrected chi connectivity index (χ4v) is 4.38. The second-order valence-electron chi connectivity index (χ2n) is 9.32. The van der Waals surface area contributed by atoms with E-state index in [9.17, 15) is 9.18 Å². The first-order valence-electron chi connectivity index (χ1n) is 12.2. The molecule has 37 heavy (non-hydrogen) atoms. The summed E-state index contributed by atoms with van der Waals surface area (Å²) in [4.78, 5) is 21.8. The highest BCUT2D eigenvalue weighted by Crippen LogP contribution is 2.23. The quantitative estimate of drug-likeness (QED) is 0.406. The molecule has 3 aromatic carbocycles. The van der Waals surface area contributed by atoms with Crippen molar-refractivity contribution in [2.24, 2.45) is 0 Å². The van der Waals surface area contributed by atoms with E-state index in [1.54, 1.807) is 24.4 Å². The fraction of sp³-hybridized carbons (Fsp3) is 0.200. The molecule has 3 N–H and O–H groups in total. The molecule has 1 aromatic heterocycles. The van der Waals surface area contributed by atoms with Crippen molar-refractivity contribution in [2.75, 3.05) is 49.2 Å². The number of nitrogens with one attached hydrogen (secondary N) is 1. The lowest BCUT2D eigenvalue weighted by Gasteiger charge is -2.34. The summed E-state index contributed by atoms with van der Waals surface area (Å²) in [6.45, 7) is 5.98. The van der Waals surface area contributed by atoms with Crippen LogP contribution in [-0.2, 0) is 0 Å². The van der Waals surface area contributed by atoms with Gasteiger partial charge in [0.2, 0.25) is 0 Å².